The van der Waals surface area contributed by atoms with Gasteiger partial charge < -0.3 is 0 Å². The lowest BCUT2D eigenvalue weighted by Crippen LogP contribution is -2.39. The summed E-state index contributed by atoms with van der Waals surface area (Å²) in [5.74, 6) is 0. The van der Waals surface area contributed by atoms with Gasteiger partial charge in [0.05, 0.1) is 0 Å². The maximum absolute atomic E-state index is 11.5. The maximum atomic E-state index is 11.5. The molecule has 0 unspecified atom stereocenters. The molecule has 78 valence electrons. The van der Waals surface area contributed by atoms with Gasteiger partial charge in [-0.25, -0.2) is 4.72 Å². The highest BCUT2D eigenvalue weighted by atomic mass is 127. The van der Waals surface area contributed by atoms with Crippen molar-refractivity contribution in [2.24, 2.45) is 0 Å². The molecule has 1 aliphatic rings. The molecule has 0 radical (unpaired) electrons. The molecule has 0 aromatic carbocycles. The summed E-state index contributed by atoms with van der Waals surface area (Å²) in [5, 5.41) is 0. The Balaban J connectivity index is 2.36. The predicted octanol–water partition coefficient (Wildman–Crippen LogP) is 0.742. The van der Waals surface area contributed by atoms with E-state index in [0.29, 0.717) is 19.6 Å². The molecule has 1 fully saturated rings. The molecule has 0 aromatic rings. The van der Waals surface area contributed by atoms with Gasteiger partial charge in [-0.05, 0) is 19.3 Å². The number of nitrogens with one attached hydrogen (secondary N) is 1. The fraction of sp³-hybridized carbons (Fsp3) is 1.00. The van der Waals surface area contributed by atoms with Gasteiger partial charge in [0.25, 0.3) is 10.2 Å². The Bertz CT molecular complexity index is 237. The molecule has 0 aromatic heterocycles. The predicted molar refractivity (Wildman–Crippen MR) is 61.2 cm³/mol. The number of halogens is 1. The van der Waals surface area contributed by atoms with Crippen LogP contribution >= 0.6 is 22.6 Å². The van der Waals surface area contributed by atoms with Gasteiger partial charge in [-0.1, -0.05) is 22.6 Å². The van der Waals surface area contributed by atoms with Crippen LogP contribution in [0.3, 0.4) is 0 Å². The van der Waals surface area contributed by atoms with Crippen LogP contribution in [0.2, 0.25) is 0 Å². The smallest absolute Gasteiger partial charge is 0.202 e. The molecule has 1 saturated heterocycles. The van der Waals surface area contributed by atoms with E-state index in [0.717, 1.165) is 23.7 Å². The van der Waals surface area contributed by atoms with Gasteiger partial charge in [0.1, 0.15) is 0 Å². The first-order chi connectivity index (χ1) is 6.17. The highest BCUT2D eigenvalue weighted by Gasteiger charge is 2.23. The van der Waals surface area contributed by atoms with Crippen molar-refractivity contribution < 1.29 is 8.42 Å². The lowest BCUT2D eigenvalue weighted by Gasteiger charge is -2.15. The second-order valence-electron chi connectivity index (χ2n) is 3.05. The molecule has 6 heteroatoms. The Kier molecular flexibility index (Phi) is 4.91. The number of alkyl halides is 1. The van der Waals surface area contributed by atoms with Crippen molar-refractivity contribution in [3.8, 4) is 0 Å². The zero-order chi connectivity index (χ0) is 9.73. The van der Waals surface area contributed by atoms with Crippen molar-refractivity contribution in [2.45, 2.75) is 19.3 Å². The molecule has 1 aliphatic heterocycles. The van der Waals surface area contributed by atoms with Crippen molar-refractivity contribution in [1.82, 2.24) is 9.03 Å². The highest BCUT2D eigenvalue weighted by Crippen LogP contribution is 2.10. The van der Waals surface area contributed by atoms with Crippen molar-refractivity contribution in [3.63, 3.8) is 0 Å². The molecule has 1 rings (SSSR count). The summed E-state index contributed by atoms with van der Waals surface area (Å²) in [6.45, 7) is 1.92. The third kappa shape index (κ3) is 3.69. The van der Waals surface area contributed by atoms with Crippen molar-refractivity contribution >= 4 is 32.8 Å². The molecule has 0 bridgehead atoms. The van der Waals surface area contributed by atoms with Crippen LogP contribution in [0.5, 0.6) is 0 Å². The Hall–Kier alpha value is 0.600. The molecular formula is C7H15IN2O2S. The largest absolute Gasteiger partial charge is 0.279 e. The Labute approximate surface area is 93.4 Å². The van der Waals surface area contributed by atoms with Crippen LogP contribution in [0, 0.1) is 0 Å². The molecule has 0 atom stereocenters. The minimum absolute atomic E-state index is 0.557. The van der Waals surface area contributed by atoms with Crippen molar-refractivity contribution in [3.05, 3.63) is 0 Å². The average molecular weight is 318 g/mol. The number of rotatable bonds is 5. The molecule has 0 amide bonds. The maximum Gasteiger partial charge on any atom is 0.279 e. The molecule has 0 aliphatic carbocycles. The zero-order valence-corrected chi connectivity index (χ0v) is 10.5. The van der Waals surface area contributed by atoms with Crippen LogP contribution < -0.4 is 4.72 Å². The third-order valence-electron chi connectivity index (χ3n) is 2.00. The summed E-state index contributed by atoms with van der Waals surface area (Å²) in [4.78, 5) is 0. The normalized spacial score (nSPS) is 19.5. The van der Waals surface area contributed by atoms with E-state index in [9.17, 15) is 8.42 Å². The van der Waals surface area contributed by atoms with E-state index in [2.05, 4.69) is 27.3 Å². The van der Waals surface area contributed by atoms with Gasteiger partial charge in [-0.2, -0.15) is 12.7 Å². The second-order valence-corrected chi connectivity index (χ2v) is 5.88. The van der Waals surface area contributed by atoms with E-state index in [-0.39, 0.29) is 0 Å². The van der Waals surface area contributed by atoms with Gasteiger partial charge in [0.2, 0.25) is 0 Å². The first-order valence-electron chi connectivity index (χ1n) is 4.47. The minimum Gasteiger partial charge on any atom is -0.202 e. The fourth-order valence-electron chi connectivity index (χ4n) is 1.29. The first-order valence-corrected chi connectivity index (χ1v) is 7.44. The average Bonchev–Trinajstić information content (AvgIpc) is 2.56. The number of nitrogens with zero attached hydrogens (tertiary/aromatic N) is 1. The van der Waals surface area contributed by atoms with Crippen LogP contribution in [0.1, 0.15) is 19.3 Å². The van der Waals surface area contributed by atoms with Gasteiger partial charge in [0, 0.05) is 24.1 Å². The summed E-state index contributed by atoms with van der Waals surface area (Å²) in [6, 6.07) is 0. The van der Waals surface area contributed by atoms with E-state index in [1.54, 1.807) is 0 Å². The first kappa shape index (κ1) is 11.7. The monoisotopic (exact) mass is 318 g/mol. The number of hydrogen-bond donors (Lipinski definition) is 1. The van der Waals surface area contributed by atoms with E-state index in [4.69, 9.17) is 0 Å². The standard InChI is InChI=1S/C7H15IN2O2S/c8-4-3-5-9-13(11,12)10-6-1-2-7-10/h9H,1-7H2. The summed E-state index contributed by atoms with van der Waals surface area (Å²) in [5.41, 5.74) is 0. The zero-order valence-electron chi connectivity index (χ0n) is 7.50. The Morgan fingerprint density at radius 3 is 2.46 bits per heavy atom. The van der Waals surface area contributed by atoms with Gasteiger partial charge in [-0.15, -0.1) is 0 Å². The topological polar surface area (TPSA) is 49.4 Å². The Morgan fingerprint density at radius 1 is 1.31 bits per heavy atom. The minimum atomic E-state index is -3.15. The number of hydrogen-bond acceptors (Lipinski definition) is 2. The molecule has 1 N–H and O–H groups in total. The summed E-state index contributed by atoms with van der Waals surface area (Å²) in [6.07, 6.45) is 2.88. The van der Waals surface area contributed by atoms with E-state index in [1.807, 2.05) is 0 Å². The van der Waals surface area contributed by atoms with Crippen LogP contribution in [0.15, 0.2) is 0 Å². The molecule has 0 saturated carbocycles. The molecule has 1 heterocycles. The second kappa shape index (κ2) is 5.47. The molecule has 4 nitrogen and oxygen atoms in total. The Morgan fingerprint density at radius 2 is 1.92 bits per heavy atom. The molecule has 0 spiro atoms. The van der Waals surface area contributed by atoms with Crippen LogP contribution in [-0.2, 0) is 10.2 Å². The van der Waals surface area contributed by atoms with E-state index < -0.39 is 10.2 Å². The summed E-state index contributed by atoms with van der Waals surface area (Å²) >= 11 is 2.24. The van der Waals surface area contributed by atoms with Gasteiger partial charge in [0.15, 0.2) is 0 Å². The molecule has 13 heavy (non-hydrogen) atoms. The lowest BCUT2D eigenvalue weighted by atomic mass is 10.4. The van der Waals surface area contributed by atoms with Gasteiger partial charge >= 0.3 is 0 Å². The fourth-order valence-corrected chi connectivity index (χ4v) is 2.99. The van der Waals surface area contributed by atoms with Crippen molar-refractivity contribution in [2.75, 3.05) is 24.1 Å². The van der Waals surface area contributed by atoms with Crippen LogP contribution in [-0.4, -0.2) is 36.8 Å². The van der Waals surface area contributed by atoms with Gasteiger partial charge in [-0.3, -0.25) is 0 Å². The summed E-state index contributed by atoms with van der Waals surface area (Å²) in [7, 11) is -3.15. The summed E-state index contributed by atoms with van der Waals surface area (Å²) < 4.78 is 28.1. The molecular weight excluding hydrogens is 303 g/mol. The van der Waals surface area contributed by atoms with Crippen molar-refractivity contribution in [1.29, 1.82) is 0 Å². The van der Waals surface area contributed by atoms with Crippen LogP contribution in [0.25, 0.3) is 0 Å². The quantitative estimate of drug-likeness (QED) is 0.462. The lowest BCUT2D eigenvalue weighted by molar-refractivity contribution is 0.465. The van der Waals surface area contributed by atoms with E-state index >= 15 is 0 Å². The highest BCUT2D eigenvalue weighted by molar-refractivity contribution is 14.1. The SMILES string of the molecule is O=S(=O)(NCCCI)N1CCCC1. The third-order valence-corrected chi connectivity index (χ3v) is 4.38. The van der Waals surface area contributed by atoms with E-state index in [1.165, 1.54) is 4.31 Å². The van der Waals surface area contributed by atoms with Crippen LogP contribution in [0.4, 0.5) is 0 Å².